The highest BCUT2D eigenvalue weighted by atomic mass is 79.9. The molecule has 4 heteroatoms. The summed E-state index contributed by atoms with van der Waals surface area (Å²) in [5, 5.41) is 8.95. The number of nitrogens with zero attached hydrogens (tertiary/aromatic N) is 1. The molecule has 0 saturated carbocycles. The van der Waals surface area contributed by atoms with Gasteiger partial charge in [0.05, 0.1) is 5.56 Å². The lowest BCUT2D eigenvalue weighted by molar-refractivity contribution is 0.216. The van der Waals surface area contributed by atoms with Gasteiger partial charge in [-0.05, 0) is 42.8 Å². The number of rotatable bonds is 5. The van der Waals surface area contributed by atoms with Gasteiger partial charge in [0.15, 0.2) is 0 Å². The lowest BCUT2D eigenvalue weighted by Crippen LogP contribution is -2.10. The third kappa shape index (κ3) is 3.75. The summed E-state index contributed by atoms with van der Waals surface area (Å²) in [4.78, 5) is 0. The van der Waals surface area contributed by atoms with Crippen LogP contribution in [0.15, 0.2) is 46.9 Å². The maximum atomic E-state index is 8.95. The van der Waals surface area contributed by atoms with E-state index < -0.39 is 0 Å². The molecule has 2 aromatic carbocycles. The van der Waals surface area contributed by atoms with E-state index in [1.165, 1.54) is 0 Å². The largest absolute Gasteiger partial charge is 0.490 e. The van der Waals surface area contributed by atoms with Crippen LogP contribution in [0.1, 0.15) is 11.1 Å². The van der Waals surface area contributed by atoms with Crippen LogP contribution in [0.3, 0.4) is 0 Å². The third-order valence-corrected chi connectivity index (χ3v) is 3.24. The van der Waals surface area contributed by atoms with E-state index in [1.807, 2.05) is 37.3 Å². The number of benzene rings is 2. The summed E-state index contributed by atoms with van der Waals surface area (Å²) in [7, 11) is 0. The molecular weight excluding hydrogens is 318 g/mol. The quantitative estimate of drug-likeness (QED) is 0.775. The summed E-state index contributed by atoms with van der Waals surface area (Å²) in [5.41, 5.74) is 1.60. The molecule has 0 aliphatic heterocycles. The van der Waals surface area contributed by atoms with Crippen molar-refractivity contribution in [3.63, 3.8) is 0 Å². The van der Waals surface area contributed by atoms with Crippen molar-refractivity contribution in [3.8, 4) is 17.6 Å². The minimum Gasteiger partial charge on any atom is -0.490 e. The average Bonchev–Trinajstić information content (AvgIpc) is 2.46. The second kappa shape index (κ2) is 6.97. The molecule has 0 heterocycles. The SMILES string of the molecule is Cc1cc(Br)ccc1OCCOc1ccccc1C#N. The molecule has 2 rings (SSSR count). The summed E-state index contributed by atoms with van der Waals surface area (Å²) in [5.74, 6) is 1.43. The Bertz CT molecular complexity index is 635. The van der Waals surface area contributed by atoms with E-state index in [2.05, 4.69) is 22.0 Å². The molecule has 0 N–H and O–H groups in total. The highest BCUT2D eigenvalue weighted by molar-refractivity contribution is 9.10. The fourth-order valence-electron chi connectivity index (χ4n) is 1.76. The van der Waals surface area contributed by atoms with Crippen molar-refractivity contribution >= 4 is 15.9 Å². The molecule has 3 nitrogen and oxygen atoms in total. The lowest BCUT2D eigenvalue weighted by Gasteiger charge is -2.11. The second-order valence-electron chi connectivity index (χ2n) is 4.21. The monoisotopic (exact) mass is 331 g/mol. The van der Waals surface area contributed by atoms with Crippen LogP contribution >= 0.6 is 15.9 Å². The van der Waals surface area contributed by atoms with E-state index in [0.717, 1.165) is 15.8 Å². The molecule has 20 heavy (non-hydrogen) atoms. The summed E-state index contributed by atoms with van der Waals surface area (Å²) in [6.45, 7) is 2.82. The van der Waals surface area contributed by atoms with Gasteiger partial charge in [-0.25, -0.2) is 0 Å². The van der Waals surface area contributed by atoms with Crippen molar-refractivity contribution in [2.45, 2.75) is 6.92 Å². The predicted molar refractivity (Wildman–Crippen MR) is 81.0 cm³/mol. The average molecular weight is 332 g/mol. The van der Waals surface area contributed by atoms with E-state index in [4.69, 9.17) is 14.7 Å². The van der Waals surface area contributed by atoms with Crippen molar-refractivity contribution in [1.29, 1.82) is 5.26 Å². The standard InChI is InChI=1S/C16H14BrNO2/c1-12-10-14(17)6-7-15(12)19-8-9-20-16-5-3-2-4-13(16)11-18/h2-7,10H,8-9H2,1H3. The molecule has 0 saturated heterocycles. The number of para-hydroxylation sites is 1. The Morgan fingerprint density at radius 2 is 1.75 bits per heavy atom. The Morgan fingerprint density at radius 3 is 2.45 bits per heavy atom. The number of aryl methyl sites for hydroxylation is 1. The molecule has 0 bridgehead atoms. The summed E-state index contributed by atoms with van der Waals surface area (Å²) in [6, 6.07) is 15.1. The van der Waals surface area contributed by atoms with Gasteiger partial charge in [-0.3, -0.25) is 0 Å². The maximum absolute atomic E-state index is 8.95. The molecule has 0 radical (unpaired) electrons. The molecule has 0 unspecified atom stereocenters. The first-order chi connectivity index (χ1) is 9.70. The Labute approximate surface area is 126 Å². The Morgan fingerprint density at radius 1 is 1.05 bits per heavy atom. The van der Waals surface area contributed by atoms with Gasteiger partial charge in [0.2, 0.25) is 0 Å². The van der Waals surface area contributed by atoms with Crippen molar-refractivity contribution < 1.29 is 9.47 Å². The molecule has 0 aliphatic rings. The molecule has 2 aromatic rings. The smallest absolute Gasteiger partial charge is 0.137 e. The third-order valence-electron chi connectivity index (χ3n) is 2.74. The number of hydrogen-bond acceptors (Lipinski definition) is 3. The zero-order valence-corrected chi connectivity index (χ0v) is 12.7. The number of nitriles is 1. The fourth-order valence-corrected chi connectivity index (χ4v) is 2.24. The van der Waals surface area contributed by atoms with Crippen LogP contribution in [0.2, 0.25) is 0 Å². The van der Waals surface area contributed by atoms with E-state index in [1.54, 1.807) is 12.1 Å². The predicted octanol–water partition coefficient (Wildman–Crippen LogP) is 4.09. The molecule has 0 aromatic heterocycles. The van der Waals surface area contributed by atoms with Gasteiger partial charge < -0.3 is 9.47 Å². The normalized spacial score (nSPS) is 9.85. The van der Waals surface area contributed by atoms with Crippen LogP contribution in [-0.2, 0) is 0 Å². The van der Waals surface area contributed by atoms with E-state index in [0.29, 0.717) is 24.5 Å². The first-order valence-corrected chi connectivity index (χ1v) is 7.01. The van der Waals surface area contributed by atoms with Gasteiger partial charge in [-0.15, -0.1) is 0 Å². The molecular formula is C16H14BrNO2. The minimum absolute atomic E-state index is 0.397. The second-order valence-corrected chi connectivity index (χ2v) is 5.13. The van der Waals surface area contributed by atoms with E-state index >= 15 is 0 Å². The van der Waals surface area contributed by atoms with Crippen molar-refractivity contribution in [3.05, 3.63) is 58.1 Å². The molecule has 0 aliphatic carbocycles. The highest BCUT2D eigenvalue weighted by Crippen LogP contribution is 2.22. The topological polar surface area (TPSA) is 42.2 Å². The van der Waals surface area contributed by atoms with Crippen LogP contribution in [0.4, 0.5) is 0 Å². The minimum atomic E-state index is 0.397. The van der Waals surface area contributed by atoms with Crippen molar-refractivity contribution in [1.82, 2.24) is 0 Å². The van der Waals surface area contributed by atoms with Gasteiger partial charge >= 0.3 is 0 Å². The summed E-state index contributed by atoms with van der Waals surface area (Å²) >= 11 is 3.41. The molecule has 0 spiro atoms. The van der Waals surface area contributed by atoms with Crippen LogP contribution < -0.4 is 9.47 Å². The zero-order valence-electron chi connectivity index (χ0n) is 11.1. The maximum Gasteiger partial charge on any atom is 0.137 e. The van der Waals surface area contributed by atoms with Crippen molar-refractivity contribution in [2.75, 3.05) is 13.2 Å². The first-order valence-electron chi connectivity index (χ1n) is 6.21. The van der Waals surface area contributed by atoms with Gasteiger partial charge in [0.25, 0.3) is 0 Å². The van der Waals surface area contributed by atoms with Crippen LogP contribution in [0, 0.1) is 18.3 Å². The van der Waals surface area contributed by atoms with Crippen LogP contribution in [0.5, 0.6) is 11.5 Å². The summed E-state index contributed by atoms with van der Waals surface area (Å²) < 4.78 is 12.2. The zero-order chi connectivity index (χ0) is 14.4. The molecule has 0 fully saturated rings. The van der Waals surface area contributed by atoms with Gasteiger partial charge in [-0.1, -0.05) is 28.1 Å². The molecule has 0 atom stereocenters. The Kier molecular flexibility index (Phi) is 5.03. The number of ether oxygens (including phenoxy) is 2. The van der Waals surface area contributed by atoms with Crippen molar-refractivity contribution in [2.24, 2.45) is 0 Å². The number of halogens is 1. The summed E-state index contributed by atoms with van der Waals surface area (Å²) in [6.07, 6.45) is 0. The van der Waals surface area contributed by atoms with Crippen LogP contribution in [0.25, 0.3) is 0 Å². The highest BCUT2D eigenvalue weighted by Gasteiger charge is 2.03. The van der Waals surface area contributed by atoms with Gasteiger partial charge in [0, 0.05) is 4.47 Å². The van der Waals surface area contributed by atoms with Crippen LogP contribution in [-0.4, -0.2) is 13.2 Å². The molecule has 102 valence electrons. The van der Waals surface area contributed by atoms with Gasteiger partial charge in [0.1, 0.15) is 30.8 Å². The molecule has 0 amide bonds. The van der Waals surface area contributed by atoms with Gasteiger partial charge in [-0.2, -0.15) is 5.26 Å². The van der Waals surface area contributed by atoms with E-state index in [-0.39, 0.29) is 0 Å². The Hall–Kier alpha value is -1.99. The number of hydrogen-bond donors (Lipinski definition) is 0. The lowest BCUT2D eigenvalue weighted by atomic mass is 10.2. The first kappa shape index (κ1) is 14.4. The van der Waals surface area contributed by atoms with E-state index in [9.17, 15) is 0 Å². The Balaban J connectivity index is 1.86. The fraction of sp³-hybridized carbons (Fsp3) is 0.188.